The SMILES string of the molecule is Cn1nc(CC2CCNCC2)nc1C1CC1. The summed E-state index contributed by atoms with van der Waals surface area (Å²) in [6.45, 7) is 2.32. The molecule has 16 heavy (non-hydrogen) atoms. The van der Waals surface area contributed by atoms with Crippen LogP contribution in [-0.2, 0) is 13.5 Å². The maximum absolute atomic E-state index is 4.70. The van der Waals surface area contributed by atoms with Gasteiger partial charge in [-0.1, -0.05) is 0 Å². The highest BCUT2D eigenvalue weighted by atomic mass is 15.3. The molecule has 0 spiro atoms. The van der Waals surface area contributed by atoms with E-state index in [1.165, 1.54) is 31.5 Å². The number of aromatic nitrogens is 3. The minimum atomic E-state index is 0.708. The van der Waals surface area contributed by atoms with E-state index < -0.39 is 0 Å². The van der Waals surface area contributed by atoms with Gasteiger partial charge in [-0.2, -0.15) is 5.10 Å². The van der Waals surface area contributed by atoms with Crippen molar-refractivity contribution >= 4 is 0 Å². The fourth-order valence-electron chi connectivity index (χ4n) is 2.58. The predicted molar refractivity (Wildman–Crippen MR) is 62.3 cm³/mol. The molecule has 4 heteroatoms. The average Bonchev–Trinajstić information content (AvgIpc) is 3.06. The lowest BCUT2D eigenvalue weighted by Crippen LogP contribution is -2.28. The van der Waals surface area contributed by atoms with Crippen molar-refractivity contribution in [3.05, 3.63) is 11.6 Å². The Labute approximate surface area is 96.4 Å². The Bertz CT molecular complexity index is 361. The lowest BCUT2D eigenvalue weighted by molar-refractivity contribution is 0.367. The molecule has 1 aliphatic carbocycles. The number of aryl methyl sites for hydroxylation is 1. The molecule has 1 N–H and O–H groups in total. The van der Waals surface area contributed by atoms with Crippen molar-refractivity contribution in [2.75, 3.05) is 13.1 Å². The zero-order chi connectivity index (χ0) is 11.0. The third kappa shape index (κ3) is 2.12. The van der Waals surface area contributed by atoms with Gasteiger partial charge >= 0.3 is 0 Å². The van der Waals surface area contributed by atoms with E-state index in [-0.39, 0.29) is 0 Å². The van der Waals surface area contributed by atoms with Gasteiger partial charge in [0.2, 0.25) is 0 Å². The molecule has 3 rings (SSSR count). The summed E-state index contributed by atoms with van der Waals surface area (Å²) in [5, 5.41) is 7.95. The Morgan fingerprint density at radius 2 is 2.00 bits per heavy atom. The lowest BCUT2D eigenvalue weighted by Gasteiger charge is -2.20. The minimum Gasteiger partial charge on any atom is -0.317 e. The number of nitrogens with one attached hydrogen (secondary N) is 1. The van der Waals surface area contributed by atoms with Gasteiger partial charge in [0.1, 0.15) is 5.82 Å². The standard InChI is InChI=1S/C12H20N4/c1-16-12(10-2-3-10)14-11(15-16)8-9-4-6-13-7-5-9/h9-10,13H,2-8H2,1H3. The van der Waals surface area contributed by atoms with Crippen LogP contribution in [0.25, 0.3) is 0 Å². The molecule has 0 amide bonds. The molecule has 1 saturated heterocycles. The Hall–Kier alpha value is -0.900. The summed E-state index contributed by atoms with van der Waals surface area (Å²) in [7, 11) is 2.03. The first-order valence-corrected chi connectivity index (χ1v) is 6.43. The van der Waals surface area contributed by atoms with Gasteiger partial charge in [0.05, 0.1) is 0 Å². The number of nitrogens with zero attached hydrogens (tertiary/aromatic N) is 3. The summed E-state index contributed by atoms with van der Waals surface area (Å²) in [4.78, 5) is 4.70. The number of hydrogen-bond donors (Lipinski definition) is 1. The van der Waals surface area contributed by atoms with E-state index in [9.17, 15) is 0 Å². The summed E-state index contributed by atoms with van der Waals surface area (Å²) in [6.07, 6.45) is 6.23. The molecule has 4 nitrogen and oxygen atoms in total. The van der Waals surface area contributed by atoms with Crippen LogP contribution in [0, 0.1) is 5.92 Å². The highest BCUT2D eigenvalue weighted by Crippen LogP contribution is 2.38. The number of hydrogen-bond acceptors (Lipinski definition) is 3. The molecule has 1 aliphatic heterocycles. The van der Waals surface area contributed by atoms with Crippen LogP contribution < -0.4 is 5.32 Å². The van der Waals surface area contributed by atoms with E-state index in [1.54, 1.807) is 0 Å². The van der Waals surface area contributed by atoms with E-state index in [0.29, 0.717) is 5.92 Å². The second-order valence-electron chi connectivity index (χ2n) is 5.18. The zero-order valence-corrected chi connectivity index (χ0v) is 9.95. The van der Waals surface area contributed by atoms with Crippen molar-refractivity contribution in [1.82, 2.24) is 20.1 Å². The number of rotatable bonds is 3. The monoisotopic (exact) mass is 220 g/mol. The first-order valence-electron chi connectivity index (χ1n) is 6.43. The van der Waals surface area contributed by atoms with Crippen LogP contribution in [0.5, 0.6) is 0 Å². The smallest absolute Gasteiger partial charge is 0.151 e. The zero-order valence-electron chi connectivity index (χ0n) is 9.95. The first kappa shape index (κ1) is 10.3. The molecular formula is C12H20N4. The molecule has 2 heterocycles. The normalized spacial score (nSPS) is 22.6. The van der Waals surface area contributed by atoms with E-state index in [2.05, 4.69) is 10.4 Å². The molecular weight excluding hydrogens is 200 g/mol. The maximum Gasteiger partial charge on any atom is 0.151 e. The number of piperidine rings is 1. The van der Waals surface area contributed by atoms with Crippen LogP contribution >= 0.6 is 0 Å². The van der Waals surface area contributed by atoms with E-state index in [0.717, 1.165) is 31.3 Å². The quantitative estimate of drug-likeness (QED) is 0.833. The highest BCUT2D eigenvalue weighted by Gasteiger charge is 2.29. The van der Waals surface area contributed by atoms with Crippen LogP contribution in [0.2, 0.25) is 0 Å². The molecule has 1 saturated carbocycles. The lowest BCUT2D eigenvalue weighted by atomic mass is 9.94. The molecule has 88 valence electrons. The van der Waals surface area contributed by atoms with Crippen molar-refractivity contribution in [1.29, 1.82) is 0 Å². The minimum absolute atomic E-state index is 0.708. The van der Waals surface area contributed by atoms with Gasteiger partial charge in [0.25, 0.3) is 0 Å². The molecule has 2 aliphatic rings. The van der Waals surface area contributed by atoms with Crippen LogP contribution in [0.3, 0.4) is 0 Å². The molecule has 2 fully saturated rings. The molecule has 0 unspecified atom stereocenters. The Kier molecular flexibility index (Phi) is 2.67. The molecule has 1 aromatic heterocycles. The van der Waals surface area contributed by atoms with Crippen molar-refractivity contribution in [2.24, 2.45) is 13.0 Å². The van der Waals surface area contributed by atoms with Gasteiger partial charge in [0, 0.05) is 19.4 Å². The van der Waals surface area contributed by atoms with Gasteiger partial charge in [-0.15, -0.1) is 0 Å². The van der Waals surface area contributed by atoms with E-state index in [4.69, 9.17) is 4.98 Å². The molecule has 0 atom stereocenters. The van der Waals surface area contributed by atoms with Crippen LogP contribution in [0.4, 0.5) is 0 Å². The van der Waals surface area contributed by atoms with Gasteiger partial charge < -0.3 is 5.32 Å². The molecule has 0 radical (unpaired) electrons. The van der Waals surface area contributed by atoms with Crippen molar-refractivity contribution in [3.8, 4) is 0 Å². The molecule has 1 aromatic rings. The van der Waals surface area contributed by atoms with Crippen molar-refractivity contribution < 1.29 is 0 Å². The van der Waals surface area contributed by atoms with Gasteiger partial charge in [0.15, 0.2) is 5.82 Å². The Morgan fingerprint density at radius 3 is 2.69 bits per heavy atom. The maximum atomic E-state index is 4.70. The van der Waals surface area contributed by atoms with Crippen LogP contribution in [0.1, 0.15) is 43.3 Å². The summed E-state index contributed by atoms with van der Waals surface area (Å²) in [5.74, 6) is 3.77. The van der Waals surface area contributed by atoms with Crippen molar-refractivity contribution in [2.45, 2.75) is 38.0 Å². The summed E-state index contributed by atoms with van der Waals surface area (Å²) < 4.78 is 1.99. The molecule has 0 aromatic carbocycles. The topological polar surface area (TPSA) is 42.7 Å². The third-order valence-corrected chi connectivity index (χ3v) is 3.71. The summed E-state index contributed by atoms with van der Waals surface area (Å²) in [5.41, 5.74) is 0. The Morgan fingerprint density at radius 1 is 1.25 bits per heavy atom. The summed E-state index contributed by atoms with van der Waals surface area (Å²) >= 11 is 0. The fourth-order valence-corrected chi connectivity index (χ4v) is 2.58. The van der Waals surface area contributed by atoms with E-state index >= 15 is 0 Å². The van der Waals surface area contributed by atoms with Crippen LogP contribution in [-0.4, -0.2) is 27.9 Å². The van der Waals surface area contributed by atoms with Gasteiger partial charge in [-0.25, -0.2) is 4.98 Å². The van der Waals surface area contributed by atoms with Gasteiger partial charge in [-0.3, -0.25) is 4.68 Å². The highest BCUT2D eigenvalue weighted by molar-refractivity contribution is 5.07. The Balaban J connectivity index is 1.66. The largest absolute Gasteiger partial charge is 0.317 e. The van der Waals surface area contributed by atoms with Gasteiger partial charge in [-0.05, 0) is 44.7 Å². The van der Waals surface area contributed by atoms with E-state index in [1.807, 2.05) is 11.7 Å². The summed E-state index contributed by atoms with van der Waals surface area (Å²) in [6, 6.07) is 0. The molecule has 0 bridgehead atoms. The first-order chi connectivity index (χ1) is 7.83. The van der Waals surface area contributed by atoms with Crippen LogP contribution in [0.15, 0.2) is 0 Å². The predicted octanol–water partition coefficient (Wildman–Crippen LogP) is 1.23. The van der Waals surface area contributed by atoms with Crippen molar-refractivity contribution in [3.63, 3.8) is 0 Å². The second-order valence-corrected chi connectivity index (χ2v) is 5.18. The third-order valence-electron chi connectivity index (χ3n) is 3.71. The average molecular weight is 220 g/mol. The fraction of sp³-hybridized carbons (Fsp3) is 0.833. The second kappa shape index (κ2) is 4.17.